The minimum absolute atomic E-state index is 0.201. The summed E-state index contributed by atoms with van der Waals surface area (Å²) in [5, 5.41) is 11.9. The third-order valence-corrected chi connectivity index (χ3v) is 4.45. The third-order valence-electron chi connectivity index (χ3n) is 3.57. The Bertz CT molecular complexity index is 1060. The molecule has 0 aliphatic heterocycles. The van der Waals surface area contributed by atoms with Crippen LogP contribution in [0.15, 0.2) is 47.1 Å². The highest BCUT2D eigenvalue weighted by Crippen LogP contribution is 2.24. The molecule has 1 amide bonds. The molecule has 4 aromatic rings. The van der Waals surface area contributed by atoms with Crippen LogP contribution in [-0.4, -0.2) is 30.3 Å². The number of halogens is 1. The van der Waals surface area contributed by atoms with E-state index >= 15 is 0 Å². The maximum Gasteiger partial charge on any atom is 0.293 e. The SMILES string of the molecule is Cc1c(-c2nsc(NC(=O)c3ccco3)n2)nnn1-c1ccc(Cl)cc1. The number of amides is 1. The second-order valence-electron chi connectivity index (χ2n) is 5.27. The molecule has 0 saturated carbocycles. The maximum atomic E-state index is 12.0. The van der Waals surface area contributed by atoms with Crippen molar-refractivity contribution in [3.8, 4) is 17.2 Å². The van der Waals surface area contributed by atoms with E-state index in [-0.39, 0.29) is 11.7 Å². The minimum Gasteiger partial charge on any atom is -0.459 e. The van der Waals surface area contributed by atoms with E-state index in [9.17, 15) is 4.79 Å². The van der Waals surface area contributed by atoms with Crippen LogP contribution in [0.5, 0.6) is 0 Å². The molecule has 0 saturated heterocycles. The second kappa shape index (κ2) is 6.70. The summed E-state index contributed by atoms with van der Waals surface area (Å²) in [6, 6.07) is 10.5. The molecule has 0 unspecified atom stereocenters. The second-order valence-corrected chi connectivity index (χ2v) is 6.45. The van der Waals surface area contributed by atoms with Crippen molar-refractivity contribution in [2.45, 2.75) is 6.92 Å². The molecule has 0 atom stereocenters. The Balaban J connectivity index is 1.58. The lowest BCUT2D eigenvalue weighted by atomic mass is 10.3. The van der Waals surface area contributed by atoms with Gasteiger partial charge in [0.2, 0.25) is 5.13 Å². The summed E-state index contributed by atoms with van der Waals surface area (Å²) in [5.74, 6) is 0.202. The van der Waals surface area contributed by atoms with Gasteiger partial charge in [-0.2, -0.15) is 9.36 Å². The zero-order valence-electron chi connectivity index (χ0n) is 13.4. The zero-order chi connectivity index (χ0) is 18.1. The van der Waals surface area contributed by atoms with Crippen LogP contribution in [0.25, 0.3) is 17.2 Å². The van der Waals surface area contributed by atoms with Gasteiger partial charge in [0.05, 0.1) is 17.6 Å². The highest BCUT2D eigenvalue weighted by Gasteiger charge is 2.18. The van der Waals surface area contributed by atoms with Crippen LogP contribution in [0.4, 0.5) is 5.13 Å². The van der Waals surface area contributed by atoms with Gasteiger partial charge in [-0.25, -0.2) is 4.68 Å². The van der Waals surface area contributed by atoms with Crippen molar-refractivity contribution in [3.63, 3.8) is 0 Å². The molecule has 0 fully saturated rings. The summed E-state index contributed by atoms with van der Waals surface area (Å²) in [4.78, 5) is 16.3. The Hall–Kier alpha value is -3.04. The first-order valence-corrected chi connectivity index (χ1v) is 8.64. The van der Waals surface area contributed by atoms with Gasteiger partial charge in [0.25, 0.3) is 5.91 Å². The van der Waals surface area contributed by atoms with Crippen LogP contribution in [-0.2, 0) is 0 Å². The minimum atomic E-state index is -0.390. The standard InChI is InChI=1S/C16H11ClN6O2S/c1-9-13(20-22-23(9)11-6-4-10(17)5-7-11)14-18-16(26-21-14)19-15(24)12-3-2-8-25-12/h2-8H,1H3,(H,18,19,21,24). The van der Waals surface area contributed by atoms with Crippen LogP contribution >= 0.6 is 23.1 Å². The Morgan fingerprint density at radius 3 is 2.81 bits per heavy atom. The largest absolute Gasteiger partial charge is 0.459 e. The number of carbonyl (C=O) groups is 1. The monoisotopic (exact) mass is 386 g/mol. The molecule has 0 radical (unpaired) electrons. The number of hydrogen-bond donors (Lipinski definition) is 1. The average Bonchev–Trinajstić information content (AvgIpc) is 3.36. The first-order chi connectivity index (χ1) is 12.6. The van der Waals surface area contributed by atoms with Crippen molar-refractivity contribution in [3.05, 3.63) is 59.1 Å². The molecule has 1 aromatic carbocycles. The van der Waals surface area contributed by atoms with Crippen LogP contribution < -0.4 is 5.32 Å². The Kier molecular flexibility index (Phi) is 4.23. The first kappa shape index (κ1) is 16.4. The van der Waals surface area contributed by atoms with Gasteiger partial charge in [-0.3, -0.25) is 10.1 Å². The predicted molar refractivity (Wildman–Crippen MR) is 96.7 cm³/mol. The highest BCUT2D eigenvalue weighted by molar-refractivity contribution is 7.10. The molecule has 0 spiro atoms. The molecule has 1 N–H and O–H groups in total. The number of nitrogens with one attached hydrogen (secondary N) is 1. The summed E-state index contributed by atoms with van der Waals surface area (Å²) < 4.78 is 11.0. The number of furan rings is 1. The van der Waals surface area contributed by atoms with Crippen LogP contribution in [0.1, 0.15) is 16.2 Å². The molecule has 0 aliphatic carbocycles. The summed E-state index contributed by atoms with van der Waals surface area (Å²) in [6.45, 7) is 1.87. The normalized spacial score (nSPS) is 10.8. The number of anilines is 1. The van der Waals surface area contributed by atoms with E-state index in [2.05, 4.69) is 25.0 Å². The molecule has 10 heteroatoms. The van der Waals surface area contributed by atoms with Crippen molar-refractivity contribution in [1.82, 2.24) is 24.4 Å². The first-order valence-electron chi connectivity index (χ1n) is 7.49. The predicted octanol–water partition coefficient (Wildman–Crippen LogP) is 3.59. The van der Waals surface area contributed by atoms with E-state index in [1.807, 2.05) is 19.1 Å². The topological polar surface area (TPSA) is 98.7 Å². The molecule has 4 rings (SSSR count). The molecule has 3 aromatic heterocycles. The summed E-state index contributed by atoms with van der Waals surface area (Å²) >= 11 is 6.97. The number of nitrogens with zero attached hydrogens (tertiary/aromatic N) is 5. The van der Waals surface area contributed by atoms with Gasteiger partial charge < -0.3 is 4.42 Å². The van der Waals surface area contributed by atoms with Gasteiger partial charge in [-0.05, 0) is 43.3 Å². The van der Waals surface area contributed by atoms with E-state index in [0.717, 1.165) is 22.9 Å². The molecule has 3 heterocycles. The van der Waals surface area contributed by atoms with Crippen molar-refractivity contribution < 1.29 is 9.21 Å². The fourth-order valence-electron chi connectivity index (χ4n) is 2.30. The summed E-state index contributed by atoms with van der Waals surface area (Å²) in [7, 11) is 0. The average molecular weight is 387 g/mol. The summed E-state index contributed by atoms with van der Waals surface area (Å²) in [6.07, 6.45) is 1.43. The zero-order valence-corrected chi connectivity index (χ0v) is 15.0. The van der Waals surface area contributed by atoms with Gasteiger partial charge in [-0.1, -0.05) is 16.8 Å². The van der Waals surface area contributed by atoms with E-state index in [0.29, 0.717) is 21.7 Å². The lowest BCUT2D eigenvalue weighted by Crippen LogP contribution is -2.10. The molecule has 0 bridgehead atoms. The van der Waals surface area contributed by atoms with Crippen LogP contribution in [0.2, 0.25) is 5.02 Å². The van der Waals surface area contributed by atoms with E-state index in [1.165, 1.54) is 6.26 Å². The third kappa shape index (κ3) is 3.09. The Morgan fingerprint density at radius 1 is 1.27 bits per heavy atom. The van der Waals surface area contributed by atoms with E-state index in [1.54, 1.807) is 28.9 Å². The molecule has 130 valence electrons. The summed E-state index contributed by atoms with van der Waals surface area (Å²) in [5.41, 5.74) is 2.14. The van der Waals surface area contributed by atoms with Crippen molar-refractivity contribution in [2.75, 3.05) is 5.32 Å². The van der Waals surface area contributed by atoms with Crippen LogP contribution in [0.3, 0.4) is 0 Å². The van der Waals surface area contributed by atoms with Crippen LogP contribution in [0, 0.1) is 6.92 Å². The number of hydrogen-bond acceptors (Lipinski definition) is 7. The van der Waals surface area contributed by atoms with Gasteiger partial charge in [-0.15, -0.1) is 5.10 Å². The van der Waals surface area contributed by atoms with E-state index in [4.69, 9.17) is 16.0 Å². The van der Waals surface area contributed by atoms with Gasteiger partial charge in [0.15, 0.2) is 17.3 Å². The van der Waals surface area contributed by atoms with Gasteiger partial charge in [0.1, 0.15) is 0 Å². The number of aromatic nitrogens is 5. The number of carbonyl (C=O) groups excluding carboxylic acids is 1. The van der Waals surface area contributed by atoms with Gasteiger partial charge >= 0.3 is 0 Å². The quantitative estimate of drug-likeness (QED) is 0.575. The number of rotatable bonds is 4. The molecule has 0 aliphatic rings. The van der Waals surface area contributed by atoms with Crippen molar-refractivity contribution in [2.24, 2.45) is 0 Å². The smallest absolute Gasteiger partial charge is 0.293 e. The Labute approximate surface area is 156 Å². The molecular weight excluding hydrogens is 376 g/mol. The van der Waals surface area contributed by atoms with Gasteiger partial charge in [0, 0.05) is 16.6 Å². The molecule has 8 nitrogen and oxygen atoms in total. The lowest BCUT2D eigenvalue weighted by Gasteiger charge is -2.02. The highest BCUT2D eigenvalue weighted by atomic mass is 35.5. The maximum absolute atomic E-state index is 12.0. The molecular formula is C16H11ClN6O2S. The van der Waals surface area contributed by atoms with E-state index < -0.39 is 0 Å². The van der Waals surface area contributed by atoms with Crippen molar-refractivity contribution in [1.29, 1.82) is 0 Å². The van der Waals surface area contributed by atoms with Crippen molar-refractivity contribution >= 4 is 34.2 Å². The Morgan fingerprint density at radius 2 is 2.08 bits per heavy atom. The fraction of sp³-hybridized carbons (Fsp3) is 0.0625. The molecule has 26 heavy (non-hydrogen) atoms. The lowest BCUT2D eigenvalue weighted by molar-refractivity contribution is 0.0996. The fourth-order valence-corrected chi connectivity index (χ4v) is 2.99. The number of benzene rings is 1.